The molecule has 0 spiro atoms. The highest BCUT2D eigenvalue weighted by atomic mass is 16.7. The molecule has 0 saturated heterocycles. The molecule has 5 aliphatic rings. The van der Waals surface area contributed by atoms with E-state index in [-0.39, 0.29) is 40.9 Å². The number of Topliss-reactive ketones (excluding diaryl/α,β-unsaturated/α-hetero) is 1. The minimum absolute atomic E-state index is 0.0391. The number of ether oxygens (including phenoxy) is 2. The summed E-state index contributed by atoms with van der Waals surface area (Å²) in [4.78, 5) is 13.0. The van der Waals surface area contributed by atoms with Crippen molar-refractivity contribution in [2.45, 2.75) is 186 Å². The van der Waals surface area contributed by atoms with Gasteiger partial charge in [0.15, 0.2) is 6.29 Å². The molecule has 0 radical (unpaired) electrons. The van der Waals surface area contributed by atoms with Gasteiger partial charge in [0, 0.05) is 18.3 Å². The van der Waals surface area contributed by atoms with E-state index in [4.69, 9.17) is 9.47 Å². The average Bonchev–Trinajstić information content (AvgIpc) is 3.01. The third kappa shape index (κ3) is 6.99. The molecule has 0 aromatic rings. The summed E-state index contributed by atoms with van der Waals surface area (Å²) in [6.07, 6.45) is 12.2. The molecule has 12 atom stereocenters. The maximum absolute atomic E-state index is 13.0. The Bertz CT molecular complexity index is 933. The average molecular weight is 621 g/mol. The number of hydrogen-bond acceptors (Lipinski definition) is 7. The second kappa shape index (κ2) is 14.7. The van der Waals surface area contributed by atoms with E-state index in [0.29, 0.717) is 25.0 Å². The molecule has 7 heteroatoms. The first-order valence-corrected chi connectivity index (χ1v) is 18.6. The van der Waals surface area contributed by atoms with Crippen molar-refractivity contribution in [3.63, 3.8) is 0 Å². The molecule has 5 rings (SSSR count). The number of ketones is 1. The Balaban J connectivity index is 1.39. The van der Waals surface area contributed by atoms with E-state index in [0.717, 1.165) is 89.9 Å². The topological polar surface area (TPSA) is 116 Å². The van der Waals surface area contributed by atoms with Crippen LogP contribution in [0.4, 0.5) is 0 Å². The van der Waals surface area contributed by atoms with Crippen molar-refractivity contribution in [1.82, 2.24) is 0 Å². The van der Waals surface area contributed by atoms with E-state index in [1.54, 1.807) is 0 Å². The highest BCUT2D eigenvalue weighted by Crippen LogP contribution is 2.49. The van der Waals surface area contributed by atoms with E-state index in [1.807, 2.05) is 6.92 Å². The predicted octanol–water partition coefficient (Wildman–Crippen LogP) is 6.32. The summed E-state index contributed by atoms with van der Waals surface area (Å²) >= 11 is 0. The van der Waals surface area contributed by atoms with Gasteiger partial charge in [-0.1, -0.05) is 72.6 Å². The SMILES string of the molecule is CC1CCCC(C(OC2CCCC(C(C)(C)C3CCCCC3=O)C2O)OC2CCCC(C)C2(O)C(O)C2CCCCC2)C1O. The van der Waals surface area contributed by atoms with Gasteiger partial charge < -0.3 is 29.9 Å². The molecule has 5 saturated carbocycles. The van der Waals surface area contributed by atoms with Crippen LogP contribution in [0.1, 0.15) is 143 Å². The van der Waals surface area contributed by atoms with Gasteiger partial charge in [0.2, 0.25) is 0 Å². The third-order valence-electron chi connectivity index (χ3n) is 13.4. The van der Waals surface area contributed by atoms with Crippen molar-refractivity contribution in [3.8, 4) is 0 Å². The van der Waals surface area contributed by atoms with Crippen molar-refractivity contribution >= 4 is 5.78 Å². The quantitative estimate of drug-likeness (QED) is 0.223. The number of aliphatic hydroxyl groups is 4. The molecule has 0 aromatic heterocycles. The van der Waals surface area contributed by atoms with Crippen LogP contribution >= 0.6 is 0 Å². The lowest BCUT2D eigenvalue weighted by molar-refractivity contribution is -0.308. The number of carbonyl (C=O) groups is 1. The Morgan fingerprint density at radius 3 is 2.18 bits per heavy atom. The second-order valence-corrected chi connectivity index (χ2v) is 16.4. The van der Waals surface area contributed by atoms with Crippen LogP contribution in [-0.2, 0) is 14.3 Å². The van der Waals surface area contributed by atoms with E-state index in [2.05, 4.69) is 20.8 Å². The molecule has 0 heterocycles. The van der Waals surface area contributed by atoms with Gasteiger partial charge in [-0.25, -0.2) is 0 Å². The van der Waals surface area contributed by atoms with Crippen LogP contribution in [0.3, 0.4) is 0 Å². The maximum Gasteiger partial charge on any atom is 0.163 e. The highest BCUT2D eigenvalue weighted by molar-refractivity contribution is 5.82. The molecule has 5 aliphatic carbocycles. The Kier molecular flexibility index (Phi) is 11.6. The first-order chi connectivity index (χ1) is 21.0. The van der Waals surface area contributed by atoms with Crippen LogP contribution in [-0.4, -0.2) is 68.6 Å². The summed E-state index contributed by atoms with van der Waals surface area (Å²) in [6.45, 7) is 8.44. The Labute approximate surface area is 266 Å². The molecule has 0 aliphatic heterocycles. The van der Waals surface area contributed by atoms with Crippen molar-refractivity contribution in [2.75, 3.05) is 0 Å². The molecule has 254 valence electrons. The molecular formula is C37H64O7. The number of hydrogen-bond donors (Lipinski definition) is 4. The number of carbonyl (C=O) groups excluding carboxylic acids is 1. The van der Waals surface area contributed by atoms with Crippen molar-refractivity contribution in [1.29, 1.82) is 0 Å². The predicted molar refractivity (Wildman–Crippen MR) is 171 cm³/mol. The Morgan fingerprint density at radius 1 is 0.773 bits per heavy atom. The van der Waals surface area contributed by atoms with Gasteiger partial charge in [-0.2, -0.15) is 0 Å². The van der Waals surface area contributed by atoms with Crippen molar-refractivity contribution < 1.29 is 34.7 Å². The summed E-state index contributed by atoms with van der Waals surface area (Å²) < 4.78 is 13.7. The van der Waals surface area contributed by atoms with E-state index < -0.39 is 42.4 Å². The standard InChI is InChI=1S/C37H64O7/c1-23-13-10-17-26(32(23)39)35(44-31-22-11-14-24(2)37(31,42)34(41)25-15-6-5-7-16-25)43-30-21-12-19-28(33(30)40)36(3,4)27-18-8-9-20-29(27)38/h23-28,30-35,39-42H,5-22H2,1-4H3. The molecule has 0 amide bonds. The zero-order chi connectivity index (χ0) is 31.6. The highest BCUT2D eigenvalue weighted by Gasteiger charge is 2.55. The monoisotopic (exact) mass is 620 g/mol. The van der Waals surface area contributed by atoms with Crippen LogP contribution in [0.5, 0.6) is 0 Å². The van der Waals surface area contributed by atoms with E-state index >= 15 is 0 Å². The van der Waals surface area contributed by atoms with Gasteiger partial charge in [-0.05, 0) is 93.3 Å². The molecule has 12 unspecified atom stereocenters. The van der Waals surface area contributed by atoms with E-state index in [9.17, 15) is 25.2 Å². The van der Waals surface area contributed by atoms with Gasteiger partial charge in [0.25, 0.3) is 0 Å². The van der Waals surface area contributed by atoms with Crippen molar-refractivity contribution in [2.24, 2.45) is 40.9 Å². The largest absolute Gasteiger partial charge is 0.392 e. The molecule has 0 aromatic carbocycles. The van der Waals surface area contributed by atoms with Crippen LogP contribution in [0.15, 0.2) is 0 Å². The zero-order valence-corrected chi connectivity index (χ0v) is 28.2. The van der Waals surface area contributed by atoms with Gasteiger partial charge >= 0.3 is 0 Å². The summed E-state index contributed by atoms with van der Waals surface area (Å²) in [6, 6.07) is 0. The molecule has 5 fully saturated rings. The lowest BCUT2D eigenvalue weighted by Crippen LogP contribution is -2.63. The van der Waals surface area contributed by atoms with Crippen LogP contribution in [0.2, 0.25) is 0 Å². The molecule has 0 bridgehead atoms. The van der Waals surface area contributed by atoms with Crippen molar-refractivity contribution in [3.05, 3.63) is 0 Å². The van der Waals surface area contributed by atoms with Crippen LogP contribution in [0.25, 0.3) is 0 Å². The van der Waals surface area contributed by atoms with Gasteiger partial charge in [-0.15, -0.1) is 0 Å². The van der Waals surface area contributed by atoms with Gasteiger partial charge in [0.05, 0.1) is 30.5 Å². The lowest BCUT2D eigenvalue weighted by atomic mass is 9.59. The minimum atomic E-state index is -1.38. The zero-order valence-electron chi connectivity index (χ0n) is 28.2. The molecular weight excluding hydrogens is 556 g/mol. The molecule has 44 heavy (non-hydrogen) atoms. The smallest absolute Gasteiger partial charge is 0.163 e. The second-order valence-electron chi connectivity index (χ2n) is 16.4. The van der Waals surface area contributed by atoms with Gasteiger partial charge in [-0.3, -0.25) is 4.79 Å². The Morgan fingerprint density at radius 2 is 1.45 bits per heavy atom. The minimum Gasteiger partial charge on any atom is -0.392 e. The summed E-state index contributed by atoms with van der Waals surface area (Å²) in [5, 5.41) is 47.5. The first kappa shape index (κ1) is 34.8. The van der Waals surface area contributed by atoms with Gasteiger partial charge in [0.1, 0.15) is 11.4 Å². The Hall–Kier alpha value is -0.570. The third-order valence-corrected chi connectivity index (χ3v) is 13.4. The number of rotatable bonds is 9. The summed E-state index contributed by atoms with van der Waals surface area (Å²) in [5.41, 5.74) is -1.72. The normalized spacial score (nSPS) is 43.0. The lowest BCUT2D eigenvalue weighted by Gasteiger charge is -2.52. The van der Waals surface area contributed by atoms with Crippen LogP contribution in [0, 0.1) is 40.9 Å². The van der Waals surface area contributed by atoms with Crippen LogP contribution < -0.4 is 0 Å². The first-order valence-electron chi connectivity index (χ1n) is 18.6. The molecule has 4 N–H and O–H groups in total. The summed E-state index contributed by atoms with van der Waals surface area (Å²) in [5.74, 6) is 0.0115. The fraction of sp³-hybridized carbons (Fsp3) is 0.973. The molecule has 7 nitrogen and oxygen atoms in total. The fourth-order valence-corrected chi connectivity index (χ4v) is 10.3. The van der Waals surface area contributed by atoms with E-state index in [1.165, 1.54) is 6.42 Å². The summed E-state index contributed by atoms with van der Waals surface area (Å²) in [7, 11) is 0. The maximum atomic E-state index is 13.0. The fourth-order valence-electron chi connectivity index (χ4n) is 10.3. The number of aliphatic hydroxyl groups excluding tert-OH is 3.